The molecule has 0 aliphatic carbocycles. The Labute approximate surface area is 162 Å². The zero-order chi connectivity index (χ0) is 13.7. The number of nitrogens with zero attached hydrogens (tertiary/aromatic N) is 1. The molecular weight excluding hydrogens is 280 g/mol. The zero-order valence-corrected chi connectivity index (χ0v) is 10.3. The summed E-state index contributed by atoms with van der Waals surface area (Å²) in [4.78, 5) is 26.2. The van der Waals surface area contributed by atoms with Crippen molar-refractivity contribution >= 4 is 71.1 Å². The van der Waals surface area contributed by atoms with E-state index < -0.39 is 11.9 Å². The zero-order valence-electron chi connectivity index (χ0n) is 10.3. The van der Waals surface area contributed by atoms with Crippen molar-refractivity contribution in [3.8, 4) is 0 Å². The topological polar surface area (TPSA) is 87.5 Å². The average molecular weight is 297 g/mol. The molecule has 0 fully saturated rings. The minimum atomic E-state index is -1.20. The van der Waals surface area contributed by atoms with Crippen LogP contribution < -0.4 is 0 Å². The van der Waals surface area contributed by atoms with Crippen LogP contribution in [0.5, 0.6) is 0 Å². The van der Waals surface area contributed by atoms with E-state index in [9.17, 15) is 9.59 Å². The van der Waals surface area contributed by atoms with Gasteiger partial charge in [0, 0.05) is 18.8 Å². The van der Waals surface area contributed by atoms with E-state index in [2.05, 4.69) is 4.98 Å². The number of carbonyl (C=O) groups is 2. The Kier molecular flexibility index (Phi) is 11.7. The van der Waals surface area contributed by atoms with E-state index in [0.717, 1.165) is 0 Å². The summed E-state index contributed by atoms with van der Waals surface area (Å²) in [6, 6.07) is 3.40. The Balaban J connectivity index is 0. The molecule has 0 spiro atoms. The van der Waals surface area contributed by atoms with Crippen molar-refractivity contribution in [2.24, 2.45) is 5.92 Å². The second-order valence-corrected chi connectivity index (χ2v) is 4.20. The van der Waals surface area contributed by atoms with Gasteiger partial charge in [-0.15, -0.1) is 0 Å². The van der Waals surface area contributed by atoms with Crippen molar-refractivity contribution in [3.05, 3.63) is 41.2 Å². The monoisotopic (exact) mass is 297 g/mol. The Hall–Kier alpha value is -0.170. The van der Waals surface area contributed by atoms with E-state index in [1.807, 2.05) is 0 Å². The first-order chi connectivity index (χ1) is 8.43. The van der Waals surface area contributed by atoms with E-state index in [0.29, 0.717) is 5.56 Å². The molecule has 1 rings (SSSR count). The summed E-state index contributed by atoms with van der Waals surface area (Å²) < 4.78 is 0. The van der Waals surface area contributed by atoms with Crippen LogP contribution >= 0.6 is 0 Å². The van der Waals surface area contributed by atoms with E-state index in [4.69, 9.17) is 10.2 Å². The van der Waals surface area contributed by atoms with Gasteiger partial charge in [0.2, 0.25) is 0 Å². The summed E-state index contributed by atoms with van der Waals surface area (Å²) in [5.74, 6) is -2.75. The summed E-state index contributed by atoms with van der Waals surface area (Å²) in [5, 5.41) is 18.3. The van der Waals surface area contributed by atoms with Gasteiger partial charge in [-0.25, -0.2) is 9.59 Å². The molecule has 1 aromatic heterocycles. The molecule has 7 heteroatoms. The number of carboxylic acids is 2. The molecule has 0 atom stereocenters. The van der Waals surface area contributed by atoms with Crippen LogP contribution in [-0.4, -0.2) is 86.3 Å². The van der Waals surface area contributed by atoms with Gasteiger partial charge in [-0.05, 0) is 17.5 Å². The van der Waals surface area contributed by atoms with Crippen LogP contribution in [0.15, 0.2) is 35.7 Å². The molecule has 0 saturated heterocycles. The molecule has 0 radical (unpaired) electrons. The number of aromatic nitrogens is 1. The number of hydrogen-bond donors (Lipinski definition) is 2. The van der Waals surface area contributed by atoms with Crippen LogP contribution in [0, 0.1) is 5.92 Å². The van der Waals surface area contributed by atoms with Crippen LogP contribution in [0.25, 0.3) is 0 Å². The predicted molar refractivity (Wildman–Crippen MR) is 79.4 cm³/mol. The quantitative estimate of drug-likeness (QED) is 0.608. The number of aliphatic carboxylic acids is 2. The van der Waals surface area contributed by atoms with E-state index >= 15 is 0 Å². The fraction of sp³-hybridized carbons (Fsp3) is 0.308. The standard InChI is InChI=1S/C13H15NO4.2Na.2H/c1-8(2)11(13(17)18)10(12(15)16)6-9-4-3-5-14-7-9;;;;/h3-5,7-8H,6H2,1-2H3,(H,15,16)(H,17,18);;;;/b11-10-;;;;. The second-order valence-electron chi connectivity index (χ2n) is 4.20. The third kappa shape index (κ3) is 6.52. The van der Waals surface area contributed by atoms with E-state index in [-0.39, 0.29) is 82.6 Å². The van der Waals surface area contributed by atoms with Crippen molar-refractivity contribution in [1.82, 2.24) is 4.98 Å². The van der Waals surface area contributed by atoms with Crippen molar-refractivity contribution in [2.75, 3.05) is 0 Å². The maximum atomic E-state index is 11.2. The summed E-state index contributed by atoms with van der Waals surface area (Å²) in [7, 11) is 0. The molecule has 0 amide bonds. The first kappa shape index (κ1) is 22.1. The molecule has 20 heavy (non-hydrogen) atoms. The van der Waals surface area contributed by atoms with Crippen LogP contribution in [-0.2, 0) is 16.0 Å². The van der Waals surface area contributed by atoms with Crippen molar-refractivity contribution < 1.29 is 19.8 Å². The molecule has 0 unspecified atom stereocenters. The molecular formula is C13H17NNa2O4. The molecule has 1 aromatic rings. The molecule has 2 N–H and O–H groups in total. The summed E-state index contributed by atoms with van der Waals surface area (Å²) in [6.45, 7) is 3.32. The van der Waals surface area contributed by atoms with Gasteiger partial charge in [-0.1, -0.05) is 19.9 Å². The Morgan fingerprint density at radius 3 is 2.15 bits per heavy atom. The predicted octanol–water partition coefficient (Wildman–Crippen LogP) is 0.449. The van der Waals surface area contributed by atoms with Crippen molar-refractivity contribution in [1.29, 1.82) is 0 Å². The first-order valence-electron chi connectivity index (χ1n) is 5.52. The third-order valence-electron chi connectivity index (χ3n) is 2.49. The number of pyridine rings is 1. The van der Waals surface area contributed by atoms with Crippen LogP contribution in [0.4, 0.5) is 0 Å². The third-order valence-corrected chi connectivity index (χ3v) is 2.49. The van der Waals surface area contributed by atoms with Crippen LogP contribution in [0.3, 0.4) is 0 Å². The van der Waals surface area contributed by atoms with Gasteiger partial charge in [0.05, 0.1) is 11.1 Å². The number of carboxylic acid groups (broad SMARTS) is 2. The molecule has 0 bridgehead atoms. The van der Waals surface area contributed by atoms with Gasteiger partial charge in [0.1, 0.15) is 0 Å². The van der Waals surface area contributed by atoms with Gasteiger partial charge < -0.3 is 10.2 Å². The van der Waals surface area contributed by atoms with Gasteiger partial charge in [-0.3, -0.25) is 4.98 Å². The van der Waals surface area contributed by atoms with E-state index in [1.54, 1.807) is 32.2 Å². The summed E-state index contributed by atoms with van der Waals surface area (Å²) in [6.07, 6.45) is 3.17. The molecule has 0 aromatic carbocycles. The fourth-order valence-corrected chi connectivity index (χ4v) is 1.72. The maximum absolute atomic E-state index is 11.2. The van der Waals surface area contributed by atoms with Crippen LogP contribution in [0.1, 0.15) is 19.4 Å². The van der Waals surface area contributed by atoms with Crippen molar-refractivity contribution in [3.63, 3.8) is 0 Å². The van der Waals surface area contributed by atoms with Crippen molar-refractivity contribution in [2.45, 2.75) is 20.3 Å². The van der Waals surface area contributed by atoms with Gasteiger partial charge in [0.15, 0.2) is 0 Å². The van der Waals surface area contributed by atoms with Gasteiger partial charge in [-0.2, -0.15) is 0 Å². The minimum absolute atomic E-state index is 0. The first-order valence-corrected chi connectivity index (χ1v) is 5.52. The Morgan fingerprint density at radius 1 is 1.20 bits per heavy atom. The van der Waals surface area contributed by atoms with Crippen LogP contribution in [0.2, 0.25) is 0 Å². The number of hydrogen-bond acceptors (Lipinski definition) is 3. The van der Waals surface area contributed by atoms with Gasteiger partial charge in [0.25, 0.3) is 0 Å². The van der Waals surface area contributed by atoms with Gasteiger partial charge >= 0.3 is 71.1 Å². The Morgan fingerprint density at radius 2 is 1.80 bits per heavy atom. The molecule has 5 nitrogen and oxygen atoms in total. The second kappa shape index (κ2) is 10.5. The Bertz CT molecular complexity index is 486. The SMILES string of the molecule is CC(C)/C(C(=O)O)=C(\Cc1cccnc1)C(=O)O.[NaH].[NaH]. The molecule has 100 valence electrons. The fourth-order valence-electron chi connectivity index (χ4n) is 1.72. The average Bonchev–Trinajstić information content (AvgIpc) is 2.28. The number of rotatable bonds is 5. The molecule has 0 aliphatic heterocycles. The molecule has 0 saturated carbocycles. The molecule has 1 heterocycles. The summed E-state index contributed by atoms with van der Waals surface area (Å²) >= 11 is 0. The van der Waals surface area contributed by atoms with E-state index in [1.165, 1.54) is 6.20 Å². The normalized spacial score (nSPS) is 10.9. The molecule has 0 aliphatic rings. The summed E-state index contributed by atoms with van der Waals surface area (Å²) in [5.41, 5.74) is 0.520.